The Morgan fingerprint density at radius 1 is 1.10 bits per heavy atom. The van der Waals surface area contributed by atoms with E-state index in [4.69, 9.17) is 4.74 Å². The number of nitrogens with one attached hydrogen (secondary N) is 1. The third-order valence-corrected chi connectivity index (χ3v) is 3.13. The summed E-state index contributed by atoms with van der Waals surface area (Å²) in [5.74, 6) is 0.704. The summed E-state index contributed by atoms with van der Waals surface area (Å²) in [6, 6.07) is 15.6. The maximum atomic E-state index is 11.8. The van der Waals surface area contributed by atoms with Gasteiger partial charge in [-0.05, 0) is 36.3 Å². The van der Waals surface area contributed by atoms with Gasteiger partial charge < -0.3 is 10.1 Å². The molecular weight excluding hydrogens is 262 g/mol. The molecule has 3 nitrogen and oxygen atoms in total. The fourth-order valence-electron chi connectivity index (χ4n) is 1.84. The second-order valence-electron chi connectivity index (χ2n) is 4.81. The van der Waals surface area contributed by atoms with E-state index in [2.05, 4.69) is 5.32 Å². The molecule has 0 fully saturated rings. The average Bonchev–Trinajstić information content (AvgIpc) is 2.53. The zero-order valence-corrected chi connectivity index (χ0v) is 12.3. The predicted molar refractivity (Wildman–Crippen MR) is 85.1 cm³/mol. The van der Waals surface area contributed by atoms with Gasteiger partial charge in [0.25, 0.3) is 0 Å². The van der Waals surface area contributed by atoms with Crippen molar-refractivity contribution < 1.29 is 9.53 Å². The second-order valence-corrected chi connectivity index (χ2v) is 4.81. The minimum Gasteiger partial charge on any atom is -0.497 e. The summed E-state index contributed by atoms with van der Waals surface area (Å²) in [4.78, 5) is 11.8. The summed E-state index contributed by atoms with van der Waals surface area (Å²) in [7, 11) is 1.63. The zero-order chi connectivity index (χ0) is 15.1. The van der Waals surface area contributed by atoms with Crippen LogP contribution in [0.3, 0.4) is 0 Å². The highest BCUT2D eigenvalue weighted by molar-refractivity contribution is 5.91. The molecular formula is C18H19NO2. The van der Waals surface area contributed by atoms with E-state index in [1.165, 1.54) is 5.56 Å². The molecule has 0 atom stereocenters. The lowest BCUT2D eigenvalue weighted by Gasteiger charge is -2.04. The van der Waals surface area contributed by atoms with Crippen LogP contribution in [-0.4, -0.2) is 13.0 Å². The minimum atomic E-state index is -0.105. The number of carbonyl (C=O) groups is 1. The fraction of sp³-hybridized carbons (Fsp3) is 0.167. The highest BCUT2D eigenvalue weighted by Crippen LogP contribution is 2.11. The van der Waals surface area contributed by atoms with Crippen LogP contribution in [0.2, 0.25) is 0 Å². The molecule has 0 aliphatic rings. The smallest absolute Gasteiger partial charge is 0.244 e. The molecule has 2 aromatic carbocycles. The molecule has 2 aromatic rings. The molecule has 0 radical (unpaired) electrons. The van der Waals surface area contributed by atoms with E-state index >= 15 is 0 Å². The van der Waals surface area contributed by atoms with E-state index in [9.17, 15) is 4.79 Å². The van der Waals surface area contributed by atoms with Crippen LogP contribution in [-0.2, 0) is 11.3 Å². The van der Waals surface area contributed by atoms with Gasteiger partial charge in [0, 0.05) is 12.6 Å². The first kappa shape index (κ1) is 14.9. The van der Waals surface area contributed by atoms with Gasteiger partial charge in [0.2, 0.25) is 5.91 Å². The van der Waals surface area contributed by atoms with E-state index < -0.39 is 0 Å². The minimum absolute atomic E-state index is 0.105. The van der Waals surface area contributed by atoms with Gasteiger partial charge in [-0.15, -0.1) is 0 Å². The molecule has 0 aliphatic heterocycles. The molecule has 0 spiro atoms. The van der Waals surface area contributed by atoms with Crippen molar-refractivity contribution in [3.8, 4) is 5.75 Å². The van der Waals surface area contributed by atoms with E-state index in [0.29, 0.717) is 6.54 Å². The SMILES string of the molecule is COc1ccc(CNC(=O)C=Cc2ccc(C)cc2)cc1. The third kappa shape index (κ3) is 4.80. The summed E-state index contributed by atoms with van der Waals surface area (Å²) < 4.78 is 5.09. The number of methoxy groups -OCH3 is 1. The summed E-state index contributed by atoms with van der Waals surface area (Å²) in [5, 5.41) is 2.85. The van der Waals surface area contributed by atoms with Crippen molar-refractivity contribution in [1.82, 2.24) is 5.32 Å². The topological polar surface area (TPSA) is 38.3 Å². The zero-order valence-electron chi connectivity index (χ0n) is 12.3. The van der Waals surface area contributed by atoms with Gasteiger partial charge in [-0.3, -0.25) is 4.79 Å². The highest BCUT2D eigenvalue weighted by Gasteiger charge is 1.98. The summed E-state index contributed by atoms with van der Waals surface area (Å²) in [6.45, 7) is 2.54. The molecule has 0 heterocycles. The Morgan fingerprint density at radius 2 is 1.76 bits per heavy atom. The number of ether oxygens (including phenoxy) is 1. The Morgan fingerprint density at radius 3 is 2.38 bits per heavy atom. The number of carbonyl (C=O) groups excluding carboxylic acids is 1. The lowest BCUT2D eigenvalue weighted by atomic mass is 10.1. The first-order valence-corrected chi connectivity index (χ1v) is 6.83. The predicted octanol–water partition coefficient (Wildman–Crippen LogP) is 3.33. The van der Waals surface area contributed by atoms with E-state index in [0.717, 1.165) is 16.9 Å². The van der Waals surface area contributed by atoms with Crippen molar-refractivity contribution in [2.45, 2.75) is 13.5 Å². The Balaban J connectivity index is 1.85. The van der Waals surface area contributed by atoms with E-state index in [1.54, 1.807) is 13.2 Å². The Labute approximate surface area is 125 Å². The lowest BCUT2D eigenvalue weighted by molar-refractivity contribution is -0.116. The van der Waals surface area contributed by atoms with E-state index in [1.807, 2.05) is 61.5 Å². The molecule has 0 aromatic heterocycles. The van der Waals surface area contributed by atoms with Gasteiger partial charge in [-0.1, -0.05) is 42.0 Å². The van der Waals surface area contributed by atoms with Crippen LogP contribution in [0, 0.1) is 6.92 Å². The van der Waals surface area contributed by atoms with Crippen LogP contribution in [0.4, 0.5) is 0 Å². The maximum Gasteiger partial charge on any atom is 0.244 e. The quantitative estimate of drug-likeness (QED) is 0.854. The van der Waals surface area contributed by atoms with Crippen LogP contribution in [0.1, 0.15) is 16.7 Å². The molecule has 0 unspecified atom stereocenters. The van der Waals surface area contributed by atoms with Crippen LogP contribution in [0.15, 0.2) is 54.6 Å². The van der Waals surface area contributed by atoms with Gasteiger partial charge in [0.15, 0.2) is 0 Å². The molecule has 108 valence electrons. The van der Waals surface area contributed by atoms with Crippen molar-refractivity contribution in [1.29, 1.82) is 0 Å². The van der Waals surface area contributed by atoms with Crippen molar-refractivity contribution in [3.05, 3.63) is 71.3 Å². The van der Waals surface area contributed by atoms with Gasteiger partial charge in [-0.25, -0.2) is 0 Å². The standard InChI is InChI=1S/C18H19NO2/c1-14-3-5-15(6-4-14)9-12-18(20)19-13-16-7-10-17(21-2)11-8-16/h3-12H,13H2,1-2H3,(H,19,20). The summed E-state index contributed by atoms with van der Waals surface area (Å²) >= 11 is 0. The summed E-state index contributed by atoms with van der Waals surface area (Å²) in [5.41, 5.74) is 3.25. The normalized spacial score (nSPS) is 10.6. The Hall–Kier alpha value is -2.55. The van der Waals surface area contributed by atoms with E-state index in [-0.39, 0.29) is 5.91 Å². The van der Waals surface area contributed by atoms with Crippen LogP contribution in [0.25, 0.3) is 6.08 Å². The largest absolute Gasteiger partial charge is 0.497 e. The number of rotatable bonds is 5. The second kappa shape index (κ2) is 7.29. The number of amides is 1. The molecule has 21 heavy (non-hydrogen) atoms. The van der Waals surface area contributed by atoms with Crippen molar-refractivity contribution >= 4 is 12.0 Å². The number of hydrogen-bond acceptors (Lipinski definition) is 2. The molecule has 1 N–H and O–H groups in total. The van der Waals surface area contributed by atoms with Crippen LogP contribution < -0.4 is 10.1 Å². The molecule has 2 rings (SSSR count). The first-order chi connectivity index (χ1) is 10.2. The number of hydrogen-bond donors (Lipinski definition) is 1. The molecule has 0 bridgehead atoms. The third-order valence-electron chi connectivity index (χ3n) is 3.13. The molecule has 0 saturated heterocycles. The molecule has 1 amide bonds. The number of aryl methyl sites for hydroxylation is 1. The van der Waals surface area contributed by atoms with Gasteiger partial charge >= 0.3 is 0 Å². The first-order valence-electron chi connectivity index (χ1n) is 6.83. The Bertz CT molecular complexity index is 613. The van der Waals surface area contributed by atoms with Crippen LogP contribution in [0.5, 0.6) is 5.75 Å². The highest BCUT2D eigenvalue weighted by atomic mass is 16.5. The molecule has 3 heteroatoms. The van der Waals surface area contributed by atoms with Gasteiger partial charge in [0.05, 0.1) is 7.11 Å². The van der Waals surface area contributed by atoms with Gasteiger partial charge in [-0.2, -0.15) is 0 Å². The monoisotopic (exact) mass is 281 g/mol. The van der Waals surface area contributed by atoms with Crippen molar-refractivity contribution in [2.24, 2.45) is 0 Å². The molecule has 0 saturated carbocycles. The fourth-order valence-corrected chi connectivity index (χ4v) is 1.84. The maximum absolute atomic E-state index is 11.8. The summed E-state index contributed by atoms with van der Waals surface area (Å²) in [6.07, 6.45) is 3.36. The van der Waals surface area contributed by atoms with Crippen LogP contribution >= 0.6 is 0 Å². The van der Waals surface area contributed by atoms with Crippen molar-refractivity contribution in [2.75, 3.05) is 7.11 Å². The number of benzene rings is 2. The average molecular weight is 281 g/mol. The molecule has 0 aliphatic carbocycles. The van der Waals surface area contributed by atoms with Crippen molar-refractivity contribution in [3.63, 3.8) is 0 Å². The lowest BCUT2D eigenvalue weighted by Crippen LogP contribution is -2.20. The van der Waals surface area contributed by atoms with Gasteiger partial charge in [0.1, 0.15) is 5.75 Å². The Kier molecular flexibility index (Phi) is 5.16.